The van der Waals surface area contributed by atoms with Gasteiger partial charge in [-0.05, 0) is 23.8 Å². The fourth-order valence-electron chi connectivity index (χ4n) is 2.83. The molecule has 2 aromatic heterocycles. The number of imidazole rings is 1. The van der Waals surface area contributed by atoms with Crippen LogP contribution in [0.1, 0.15) is 5.56 Å². The number of hydrogen-bond acceptors (Lipinski definition) is 2. The Morgan fingerprint density at radius 3 is 2.41 bits per heavy atom. The maximum absolute atomic E-state index is 12.5. The van der Waals surface area contributed by atoms with Gasteiger partial charge in [-0.2, -0.15) is 0 Å². The van der Waals surface area contributed by atoms with Crippen molar-refractivity contribution in [2.24, 2.45) is 0 Å². The van der Waals surface area contributed by atoms with Crippen LogP contribution in [0, 0.1) is 0 Å². The Morgan fingerprint density at radius 2 is 1.67 bits per heavy atom. The second kappa shape index (κ2) is 7.48. The van der Waals surface area contributed by atoms with Gasteiger partial charge in [0.15, 0.2) is 0 Å². The maximum Gasteiger partial charge on any atom is 0.249 e. The summed E-state index contributed by atoms with van der Waals surface area (Å²) in [6.45, 7) is 0. The Hall–Kier alpha value is -3.37. The lowest BCUT2D eigenvalue weighted by atomic mass is 10.1. The van der Waals surface area contributed by atoms with Gasteiger partial charge in [0, 0.05) is 17.8 Å². The molecule has 1 amide bonds. The van der Waals surface area contributed by atoms with Gasteiger partial charge in [0.1, 0.15) is 17.2 Å². The Bertz CT molecular complexity index is 1120. The third-order valence-electron chi connectivity index (χ3n) is 4.10. The summed E-state index contributed by atoms with van der Waals surface area (Å²) >= 11 is 6.15. The highest BCUT2D eigenvalue weighted by atomic mass is 35.5. The number of anilines is 1. The number of pyridine rings is 1. The predicted octanol–water partition coefficient (Wildman–Crippen LogP) is 5.31. The number of benzene rings is 2. The molecule has 2 heterocycles. The van der Waals surface area contributed by atoms with Crippen LogP contribution in [-0.2, 0) is 4.79 Å². The molecule has 0 bridgehead atoms. The van der Waals surface area contributed by atoms with Crippen LogP contribution in [0.5, 0.6) is 0 Å². The quantitative estimate of drug-likeness (QED) is 0.493. The molecular weight excluding hydrogens is 358 g/mol. The van der Waals surface area contributed by atoms with Gasteiger partial charge >= 0.3 is 0 Å². The lowest BCUT2D eigenvalue weighted by Crippen LogP contribution is -2.10. The smallest absolute Gasteiger partial charge is 0.249 e. The van der Waals surface area contributed by atoms with Crippen LogP contribution < -0.4 is 5.32 Å². The first-order valence-electron chi connectivity index (χ1n) is 8.48. The monoisotopic (exact) mass is 373 g/mol. The molecule has 0 spiro atoms. The number of aromatic nitrogens is 2. The molecule has 5 heteroatoms. The van der Waals surface area contributed by atoms with Crippen LogP contribution in [0.2, 0.25) is 5.02 Å². The summed E-state index contributed by atoms with van der Waals surface area (Å²) in [4.78, 5) is 17.2. The van der Waals surface area contributed by atoms with Gasteiger partial charge < -0.3 is 5.32 Å². The minimum Gasteiger partial charge on any atom is -0.306 e. The second-order valence-electron chi connectivity index (χ2n) is 5.98. The Kier molecular flexibility index (Phi) is 4.73. The number of nitrogens with one attached hydrogen (secondary N) is 1. The van der Waals surface area contributed by atoms with E-state index in [-0.39, 0.29) is 5.91 Å². The zero-order valence-corrected chi connectivity index (χ0v) is 15.1. The molecule has 0 saturated heterocycles. The van der Waals surface area contributed by atoms with Gasteiger partial charge in [-0.15, -0.1) is 0 Å². The number of halogens is 1. The largest absolute Gasteiger partial charge is 0.306 e. The molecule has 4 nitrogen and oxygen atoms in total. The average Bonchev–Trinajstić information content (AvgIpc) is 3.05. The van der Waals surface area contributed by atoms with Gasteiger partial charge in [-0.1, -0.05) is 72.3 Å². The van der Waals surface area contributed by atoms with E-state index in [0.29, 0.717) is 22.2 Å². The van der Waals surface area contributed by atoms with Crippen molar-refractivity contribution < 1.29 is 4.79 Å². The first-order chi connectivity index (χ1) is 13.2. The normalized spacial score (nSPS) is 11.1. The second-order valence-corrected chi connectivity index (χ2v) is 6.42. The predicted molar refractivity (Wildman–Crippen MR) is 110 cm³/mol. The third kappa shape index (κ3) is 3.76. The topological polar surface area (TPSA) is 46.4 Å². The number of nitrogens with zero attached hydrogens (tertiary/aromatic N) is 2. The minimum atomic E-state index is -0.238. The highest BCUT2D eigenvalue weighted by molar-refractivity contribution is 6.30. The van der Waals surface area contributed by atoms with Gasteiger partial charge in [-0.3, -0.25) is 9.20 Å². The zero-order valence-electron chi connectivity index (χ0n) is 14.3. The summed E-state index contributed by atoms with van der Waals surface area (Å²) < 4.78 is 1.79. The highest BCUT2D eigenvalue weighted by Gasteiger charge is 2.15. The summed E-state index contributed by atoms with van der Waals surface area (Å²) in [7, 11) is 0. The van der Waals surface area contributed by atoms with Crippen molar-refractivity contribution in [2.45, 2.75) is 0 Å². The summed E-state index contributed by atoms with van der Waals surface area (Å²) in [5.41, 5.74) is 3.27. The number of amides is 1. The molecule has 0 aliphatic heterocycles. The maximum atomic E-state index is 12.5. The summed E-state index contributed by atoms with van der Waals surface area (Å²) in [6.07, 6.45) is 5.02. The molecule has 1 N–H and O–H groups in total. The van der Waals surface area contributed by atoms with Crippen molar-refractivity contribution >= 4 is 35.0 Å². The molecule has 0 unspecified atom stereocenters. The van der Waals surface area contributed by atoms with Crippen LogP contribution in [-0.4, -0.2) is 15.3 Å². The zero-order chi connectivity index (χ0) is 18.6. The van der Waals surface area contributed by atoms with E-state index in [4.69, 9.17) is 11.6 Å². The van der Waals surface area contributed by atoms with E-state index in [1.54, 1.807) is 22.7 Å². The first kappa shape index (κ1) is 17.1. The van der Waals surface area contributed by atoms with Gasteiger partial charge in [0.2, 0.25) is 5.91 Å². The van der Waals surface area contributed by atoms with Crippen molar-refractivity contribution in [1.29, 1.82) is 0 Å². The Morgan fingerprint density at radius 1 is 0.963 bits per heavy atom. The molecule has 2 aromatic carbocycles. The van der Waals surface area contributed by atoms with Crippen molar-refractivity contribution in [1.82, 2.24) is 9.38 Å². The van der Waals surface area contributed by atoms with Crippen molar-refractivity contribution in [3.8, 4) is 11.3 Å². The molecule has 0 fully saturated rings. The standard InChI is InChI=1S/C22H16ClN3O/c23-18-12-13-19-24-21(17-9-5-2-6-10-17)22(26(19)15-18)25-20(27)14-11-16-7-3-1-4-8-16/h1-15H,(H,25,27). The van der Waals surface area contributed by atoms with E-state index in [1.807, 2.05) is 66.7 Å². The molecular formula is C22H16ClN3O. The van der Waals surface area contributed by atoms with Crippen LogP contribution in [0.3, 0.4) is 0 Å². The fourth-order valence-corrected chi connectivity index (χ4v) is 2.99. The fraction of sp³-hybridized carbons (Fsp3) is 0. The molecule has 4 rings (SSSR count). The molecule has 132 valence electrons. The van der Waals surface area contributed by atoms with E-state index in [9.17, 15) is 4.79 Å². The number of fused-ring (bicyclic) bond motifs is 1. The average molecular weight is 374 g/mol. The highest BCUT2D eigenvalue weighted by Crippen LogP contribution is 2.29. The SMILES string of the molecule is O=C(C=Cc1ccccc1)Nc1c(-c2ccccc2)nc2ccc(Cl)cn12. The first-order valence-corrected chi connectivity index (χ1v) is 8.86. The van der Waals surface area contributed by atoms with E-state index >= 15 is 0 Å². The van der Waals surface area contributed by atoms with Crippen LogP contribution in [0.15, 0.2) is 85.1 Å². The molecule has 27 heavy (non-hydrogen) atoms. The van der Waals surface area contributed by atoms with E-state index in [1.165, 1.54) is 6.08 Å². The molecule has 0 radical (unpaired) electrons. The minimum absolute atomic E-state index is 0.238. The summed E-state index contributed by atoms with van der Waals surface area (Å²) in [5, 5.41) is 3.51. The Labute approximate surface area is 161 Å². The Balaban J connectivity index is 1.72. The number of hydrogen-bond donors (Lipinski definition) is 1. The van der Waals surface area contributed by atoms with E-state index in [2.05, 4.69) is 10.3 Å². The molecule has 0 saturated carbocycles. The van der Waals surface area contributed by atoms with Crippen LogP contribution in [0.25, 0.3) is 23.0 Å². The van der Waals surface area contributed by atoms with Crippen LogP contribution >= 0.6 is 11.6 Å². The summed E-state index contributed by atoms with van der Waals surface area (Å²) in [6, 6.07) is 23.0. The molecule has 0 aliphatic carbocycles. The summed E-state index contributed by atoms with van der Waals surface area (Å²) in [5.74, 6) is 0.347. The molecule has 0 aliphatic rings. The number of carbonyl (C=O) groups is 1. The van der Waals surface area contributed by atoms with Crippen molar-refractivity contribution in [3.05, 3.63) is 95.7 Å². The van der Waals surface area contributed by atoms with Gasteiger partial charge in [0.25, 0.3) is 0 Å². The van der Waals surface area contributed by atoms with Crippen molar-refractivity contribution in [3.63, 3.8) is 0 Å². The third-order valence-corrected chi connectivity index (χ3v) is 4.32. The van der Waals surface area contributed by atoms with Crippen LogP contribution in [0.4, 0.5) is 5.82 Å². The molecule has 4 aromatic rings. The lowest BCUT2D eigenvalue weighted by molar-refractivity contribution is -0.111. The molecule has 0 atom stereocenters. The lowest BCUT2D eigenvalue weighted by Gasteiger charge is -2.06. The van der Waals surface area contributed by atoms with E-state index in [0.717, 1.165) is 11.1 Å². The van der Waals surface area contributed by atoms with E-state index < -0.39 is 0 Å². The number of rotatable bonds is 4. The van der Waals surface area contributed by atoms with Gasteiger partial charge in [0.05, 0.1) is 5.02 Å². The number of carbonyl (C=O) groups excluding carboxylic acids is 1. The van der Waals surface area contributed by atoms with Crippen molar-refractivity contribution in [2.75, 3.05) is 5.32 Å². The van der Waals surface area contributed by atoms with Gasteiger partial charge in [-0.25, -0.2) is 4.98 Å².